The summed E-state index contributed by atoms with van der Waals surface area (Å²) in [6, 6.07) is 9.76. The summed E-state index contributed by atoms with van der Waals surface area (Å²) in [4.78, 5) is 12.4. The zero-order valence-electron chi connectivity index (χ0n) is 14.4. The number of ether oxygens (including phenoxy) is 1. The quantitative estimate of drug-likeness (QED) is 0.766. The lowest BCUT2D eigenvalue weighted by atomic mass is 10.0. The second kappa shape index (κ2) is 6.40. The van der Waals surface area contributed by atoms with Gasteiger partial charge in [-0.1, -0.05) is 18.2 Å². The fourth-order valence-corrected chi connectivity index (χ4v) is 2.81. The second-order valence-electron chi connectivity index (χ2n) is 6.07. The molecule has 0 atom stereocenters. The van der Waals surface area contributed by atoms with Crippen LogP contribution in [0.4, 0.5) is 5.69 Å². The summed E-state index contributed by atoms with van der Waals surface area (Å²) in [7, 11) is 1.59. The lowest BCUT2D eigenvalue weighted by Crippen LogP contribution is -2.15. The van der Waals surface area contributed by atoms with Crippen LogP contribution in [0.15, 0.2) is 41.0 Å². The lowest BCUT2D eigenvalue weighted by molar-refractivity contribution is -0.115. The van der Waals surface area contributed by atoms with E-state index < -0.39 is 0 Å². The highest BCUT2D eigenvalue weighted by molar-refractivity contribution is 5.97. The van der Waals surface area contributed by atoms with Gasteiger partial charge in [0.25, 0.3) is 0 Å². The molecule has 0 radical (unpaired) electrons. The van der Waals surface area contributed by atoms with Crippen LogP contribution in [0.5, 0.6) is 5.75 Å². The third-order valence-corrected chi connectivity index (χ3v) is 4.32. The molecule has 3 rings (SSSR count). The molecule has 1 amide bonds. The largest absolute Gasteiger partial charge is 0.495 e. The van der Waals surface area contributed by atoms with Gasteiger partial charge in [0.05, 0.1) is 25.5 Å². The van der Waals surface area contributed by atoms with E-state index >= 15 is 0 Å². The van der Waals surface area contributed by atoms with Crippen molar-refractivity contribution in [1.82, 2.24) is 0 Å². The number of benzene rings is 2. The number of anilines is 1. The standard InChI is InChI=1S/C20H21NO3/c1-12-5-8-18(23-4)17(9-12)21-19(22)10-15-11-24-20-14(3)13(2)6-7-16(15)20/h5-9,11H,10H2,1-4H3,(H,21,22). The van der Waals surface area contributed by atoms with Crippen LogP contribution in [0, 0.1) is 20.8 Å². The zero-order valence-corrected chi connectivity index (χ0v) is 14.4. The first-order chi connectivity index (χ1) is 11.5. The van der Waals surface area contributed by atoms with Crippen molar-refractivity contribution in [3.63, 3.8) is 0 Å². The first-order valence-electron chi connectivity index (χ1n) is 7.90. The number of hydrogen-bond donors (Lipinski definition) is 1. The van der Waals surface area contributed by atoms with E-state index in [-0.39, 0.29) is 12.3 Å². The molecule has 1 N–H and O–H groups in total. The van der Waals surface area contributed by atoms with Gasteiger partial charge in [-0.05, 0) is 49.6 Å². The van der Waals surface area contributed by atoms with Crippen LogP contribution in [0.2, 0.25) is 0 Å². The molecule has 0 bridgehead atoms. The molecule has 0 spiro atoms. The molecule has 24 heavy (non-hydrogen) atoms. The van der Waals surface area contributed by atoms with Crippen molar-refractivity contribution in [3.05, 3.63) is 58.8 Å². The minimum absolute atomic E-state index is 0.0974. The summed E-state index contributed by atoms with van der Waals surface area (Å²) >= 11 is 0. The summed E-state index contributed by atoms with van der Waals surface area (Å²) in [6.07, 6.45) is 1.93. The molecule has 1 heterocycles. The Morgan fingerprint density at radius 1 is 1.17 bits per heavy atom. The normalized spacial score (nSPS) is 10.8. The molecule has 3 aromatic rings. The van der Waals surface area contributed by atoms with Crippen molar-refractivity contribution in [2.45, 2.75) is 27.2 Å². The van der Waals surface area contributed by atoms with Gasteiger partial charge in [-0.25, -0.2) is 0 Å². The van der Waals surface area contributed by atoms with Crippen molar-refractivity contribution in [2.75, 3.05) is 12.4 Å². The Balaban J connectivity index is 1.83. The first-order valence-corrected chi connectivity index (χ1v) is 7.90. The number of carbonyl (C=O) groups is 1. The highest BCUT2D eigenvalue weighted by Crippen LogP contribution is 2.28. The van der Waals surface area contributed by atoms with E-state index in [1.54, 1.807) is 13.4 Å². The molecule has 0 saturated carbocycles. The molecule has 4 nitrogen and oxygen atoms in total. The summed E-state index contributed by atoms with van der Waals surface area (Å²) in [5, 5.41) is 3.92. The van der Waals surface area contributed by atoms with Crippen LogP contribution in [-0.4, -0.2) is 13.0 Å². The average Bonchev–Trinajstić information content (AvgIpc) is 2.94. The minimum atomic E-state index is -0.0974. The van der Waals surface area contributed by atoms with Gasteiger partial charge in [-0.3, -0.25) is 4.79 Å². The summed E-state index contributed by atoms with van der Waals surface area (Å²) in [6.45, 7) is 6.06. The van der Waals surface area contributed by atoms with Crippen molar-refractivity contribution >= 4 is 22.6 Å². The Morgan fingerprint density at radius 2 is 1.96 bits per heavy atom. The van der Waals surface area contributed by atoms with Crippen molar-refractivity contribution < 1.29 is 13.9 Å². The van der Waals surface area contributed by atoms with Gasteiger partial charge in [-0.2, -0.15) is 0 Å². The van der Waals surface area contributed by atoms with Crippen molar-refractivity contribution in [2.24, 2.45) is 0 Å². The Hall–Kier alpha value is -2.75. The number of furan rings is 1. The molecule has 0 aliphatic rings. The third kappa shape index (κ3) is 3.00. The molecule has 4 heteroatoms. The van der Waals surface area contributed by atoms with Crippen LogP contribution in [0.3, 0.4) is 0 Å². The number of aryl methyl sites for hydroxylation is 3. The van der Waals surface area contributed by atoms with E-state index in [4.69, 9.17) is 9.15 Å². The number of methoxy groups -OCH3 is 1. The first kappa shape index (κ1) is 16.1. The Morgan fingerprint density at radius 3 is 2.71 bits per heavy atom. The number of rotatable bonds is 4. The van der Waals surface area contributed by atoms with E-state index in [0.717, 1.165) is 27.7 Å². The van der Waals surface area contributed by atoms with Gasteiger partial charge in [0.2, 0.25) is 5.91 Å². The van der Waals surface area contributed by atoms with Gasteiger partial charge < -0.3 is 14.5 Å². The maximum absolute atomic E-state index is 12.4. The number of fused-ring (bicyclic) bond motifs is 1. The molecule has 1 aromatic heterocycles. The average molecular weight is 323 g/mol. The summed E-state index contributed by atoms with van der Waals surface area (Å²) in [5.41, 5.74) is 5.77. The summed E-state index contributed by atoms with van der Waals surface area (Å²) < 4.78 is 11.0. The second-order valence-corrected chi connectivity index (χ2v) is 6.07. The van der Waals surface area contributed by atoms with Gasteiger partial charge in [0.15, 0.2) is 0 Å². The minimum Gasteiger partial charge on any atom is -0.495 e. The number of amides is 1. The Bertz CT molecular complexity index is 909. The van der Waals surface area contributed by atoms with Gasteiger partial charge in [0, 0.05) is 10.9 Å². The Kier molecular flexibility index (Phi) is 4.30. The van der Waals surface area contributed by atoms with Crippen molar-refractivity contribution in [3.8, 4) is 5.75 Å². The number of nitrogens with one attached hydrogen (secondary N) is 1. The fourth-order valence-electron chi connectivity index (χ4n) is 2.81. The highest BCUT2D eigenvalue weighted by atomic mass is 16.5. The molecule has 0 fully saturated rings. The topological polar surface area (TPSA) is 51.5 Å². The molecular formula is C20H21NO3. The van der Waals surface area contributed by atoms with E-state index in [2.05, 4.69) is 11.4 Å². The molecule has 0 saturated heterocycles. The van der Waals surface area contributed by atoms with E-state index in [9.17, 15) is 4.79 Å². The van der Waals surface area contributed by atoms with Gasteiger partial charge in [0.1, 0.15) is 11.3 Å². The van der Waals surface area contributed by atoms with Crippen LogP contribution in [0.25, 0.3) is 11.0 Å². The zero-order chi connectivity index (χ0) is 17.3. The maximum atomic E-state index is 12.4. The van der Waals surface area contributed by atoms with Gasteiger partial charge in [-0.15, -0.1) is 0 Å². The van der Waals surface area contributed by atoms with Crippen LogP contribution < -0.4 is 10.1 Å². The molecule has 0 aliphatic heterocycles. The monoisotopic (exact) mass is 323 g/mol. The predicted molar refractivity (Wildman–Crippen MR) is 95.8 cm³/mol. The third-order valence-electron chi connectivity index (χ3n) is 4.32. The van der Waals surface area contributed by atoms with Crippen LogP contribution >= 0.6 is 0 Å². The predicted octanol–water partition coefficient (Wildman–Crippen LogP) is 4.55. The molecular weight excluding hydrogens is 302 g/mol. The van der Waals surface area contributed by atoms with Crippen LogP contribution in [-0.2, 0) is 11.2 Å². The highest BCUT2D eigenvalue weighted by Gasteiger charge is 2.14. The number of hydrogen-bond acceptors (Lipinski definition) is 3. The lowest BCUT2D eigenvalue weighted by Gasteiger charge is -2.10. The van der Waals surface area contributed by atoms with Crippen molar-refractivity contribution in [1.29, 1.82) is 0 Å². The smallest absolute Gasteiger partial charge is 0.229 e. The molecule has 2 aromatic carbocycles. The van der Waals surface area contributed by atoms with E-state index in [0.29, 0.717) is 11.4 Å². The molecule has 124 valence electrons. The van der Waals surface area contributed by atoms with Gasteiger partial charge >= 0.3 is 0 Å². The molecule has 0 unspecified atom stereocenters. The maximum Gasteiger partial charge on any atom is 0.229 e. The number of carbonyl (C=O) groups excluding carboxylic acids is 1. The van der Waals surface area contributed by atoms with E-state index in [1.807, 2.05) is 45.0 Å². The fraction of sp³-hybridized carbons (Fsp3) is 0.250. The summed E-state index contributed by atoms with van der Waals surface area (Å²) in [5.74, 6) is 0.553. The van der Waals surface area contributed by atoms with E-state index in [1.165, 1.54) is 5.56 Å². The van der Waals surface area contributed by atoms with Crippen LogP contribution in [0.1, 0.15) is 22.3 Å². The Labute approximate surface area is 141 Å². The SMILES string of the molecule is COc1ccc(C)cc1NC(=O)Cc1coc2c(C)c(C)ccc12. The molecule has 0 aliphatic carbocycles.